The molecule has 0 saturated carbocycles. The summed E-state index contributed by atoms with van der Waals surface area (Å²) in [7, 11) is 0. The van der Waals surface area contributed by atoms with E-state index < -0.39 is 9.85 Å². The number of hydrogen-bond donors (Lipinski definition) is 0. The molecule has 10 heteroatoms. The van der Waals surface area contributed by atoms with Crippen molar-refractivity contribution in [1.82, 2.24) is 9.97 Å². The van der Waals surface area contributed by atoms with E-state index in [0.29, 0.717) is 45.1 Å². The molecular weight excluding hydrogens is 392 g/mol. The molecule has 0 aliphatic carbocycles. The van der Waals surface area contributed by atoms with Crippen molar-refractivity contribution in [1.29, 1.82) is 0 Å². The molecule has 0 unspecified atom stereocenters. The smallest absolute Gasteiger partial charge is 0.273 e. The maximum Gasteiger partial charge on any atom is 0.273 e. The molecule has 0 fully saturated rings. The van der Waals surface area contributed by atoms with E-state index in [9.17, 15) is 20.2 Å². The van der Waals surface area contributed by atoms with Crippen LogP contribution in [-0.2, 0) is 0 Å². The Morgan fingerprint density at radius 1 is 0.633 bits per heavy atom. The minimum atomic E-state index is -0.495. The molecule has 0 N–H and O–H groups in total. The molecule has 0 radical (unpaired) electrons. The zero-order valence-corrected chi connectivity index (χ0v) is 15.0. The van der Waals surface area contributed by atoms with Crippen LogP contribution in [0, 0.1) is 20.2 Å². The van der Waals surface area contributed by atoms with E-state index in [-0.39, 0.29) is 11.4 Å². The lowest BCUT2D eigenvalue weighted by Gasteiger charge is -1.97. The predicted octanol–water partition coefficient (Wildman–Crippen LogP) is 5.12. The molecule has 30 heavy (non-hydrogen) atoms. The summed E-state index contributed by atoms with van der Waals surface area (Å²) in [5, 5.41) is 21.8. The maximum absolute atomic E-state index is 10.9. The molecule has 3 aromatic carbocycles. The van der Waals surface area contributed by atoms with E-state index in [4.69, 9.17) is 8.83 Å². The largest absolute Gasteiger partial charge is 0.436 e. The highest BCUT2D eigenvalue weighted by Crippen LogP contribution is 2.30. The number of aromatic nitrogens is 2. The summed E-state index contributed by atoms with van der Waals surface area (Å²) in [5.41, 5.74) is 2.87. The van der Waals surface area contributed by atoms with Crippen molar-refractivity contribution in [3.63, 3.8) is 0 Å². The van der Waals surface area contributed by atoms with E-state index in [2.05, 4.69) is 9.97 Å². The molecule has 10 nitrogen and oxygen atoms in total. The normalized spacial score (nSPS) is 11.2. The highest BCUT2D eigenvalue weighted by Gasteiger charge is 2.15. The van der Waals surface area contributed by atoms with Crippen LogP contribution < -0.4 is 0 Å². The van der Waals surface area contributed by atoms with Gasteiger partial charge in [-0.05, 0) is 36.4 Å². The minimum Gasteiger partial charge on any atom is -0.436 e. The number of rotatable bonds is 4. The average molecular weight is 402 g/mol. The summed E-state index contributed by atoms with van der Waals surface area (Å²) >= 11 is 0. The number of oxazole rings is 2. The fourth-order valence-corrected chi connectivity index (χ4v) is 3.06. The number of nitro groups is 2. The lowest BCUT2D eigenvalue weighted by atomic mass is 10.1. The van der Waals surface area contributed by atoms with Crippen molar-refractivity contribution >= 4 is 33.6 Å². The van der Waals surface area contributed by atoms with Crippen molar-refractivity contribution in [3.8, 4) is 22.9 Å². The molecule has 0 bridgehead atoms. The fourth-order valence-electron chi connectivity index (χ4n) is 3.06. The Hall–Kier alpha value is -4.60. The summed E-state index contributed by atoms with van der Waals surface area (Å²) in [6.07, 6.45) is 0. The summed E-state index contributed by atoms with van der Waals surface area (Å²) in [6, 6.07) is 15.5. The van der Waals surface area contributed by atoms with Crippen LogP contribution in [0.3, 0.4) is 0 Å². The van der Waals surface area contributed by atoms with Gasteiger partial charge in [0.25, 0.3) is 11.4 Å². The molecule has 146 valence electrons. The topological polar surface area (TPSA) is 138 Å². The molecule has 5 aromatic rings. The first-order valence-corrected chi connectivity index (χ1v) is 8.69. The highest BCUT2D eigenvalue weighted by atomic mass is 16.6. The van der Waals surface area contributed by atoms with Crippen LogP contribution in [0.1, 0.15) is 0 Å². The molecule has 0 spiro atoms. The van der Waals surface area contributed by atoms with Gasteiger partial charge in [-0.15, -0.1) is 0 Å². The first-order chi connectivity index (χ1) is 14.5. The lowest BCUT2D eigenvalue weighted by molar-refractivity contribution is -0.384. The Bertz CT molecular complexity index is 1340. The third-order valence-corrected chi connectivity index (χ3v) is 4.54. The second kappa shape index (κ2) is 6.48. The Morgan fingerprint density at radius 2 is 1.03 bits per heavy atom. The van der Waals surface area contributed by atoms with Crippen molar-refractivity contribution < 1.29 is 18.7 Å². The van der Waals surface area contributed by atoms with Gasteiger partial charge < -0.3 is 8.83 Å². The van der Waals surface area contributed by atoms with Gasteiger partial charge in [0.15, 0.2) is 11.2 Å². The van der Waals surface area contributed by atoms with Crippen LogP contribution in [0.5, 0.6) is 0 Å². The van der Waals surface area contributed by atoms with E-state index in [1.807, 2.05) is 0 Å². The van der Waals surface area contributed by atoms with Gasteiger partial charge in [0.05, 0.1) is 22.0 Å². The van der Waals surface area contributed by atoms with Crippen molar-refractivity contribution in [2.45, 2.75) is 0 Å². The highest BCUT2D eigenvalue weighted by molar-refractivity contribution is 5.80. The van der Waals surface area contributed by atoms with Crippen LogP contribution in [0.4, 0.5) is 11.4 Å². The summed E-state index contributed by atoms with van der Waals surface area (Å²) in [5.74, 6) is 0.649. The maximum atomic E-state index is 10.9. The second-order valence-corrected chi connectivity index (χ2v) is 6.43. The summed E-state index contributed by atoms with van der Waals surface area (Å²) in [4.78, 5) is 29.5. The SMILES string of the molecule is O=[N+]([O-])c1ccc2nc(-c3ccc(-c4nc5ccc([N+](=O)[O-])cc5o4)cc3)oc2c1. The Labute approximate surface area is 166 Å². The Kier molecular flexibility index (Phi) is 3.78. The lowest BCUT2D eigenvalue weighted by Crippen LogP contribution is -1.86. The monoisotopic (exact) mass is 402 g/mol. The van der Waals surface area contributed by atoms with Crippen LogP contribution in [0.15, 0.2) is 69.5 Å². The average Bonchev–Trinajstić information content (AvgIpc) is 3.36. The van der Waals surface area contributed by atoms with Crippen LogP contribution in [-0.4, -0.2) is 19.8 Å². The molecule has 0 amide bonds. The number of nitro benzene ring substituents is 2. The van der Waals surface area contributed by atoms with Gasteiger partial charge >= 0.3 is 0 Å². The molecule has 0 atom stereocenters. The van der Waals surface area contributed by atoms with Gasteiger partial charge in [0.2, 0.25) is 11.8 Å². The van der Waals surface area contributed by atoms with E-state index >= 15 is 0 Å². The Balaban J connectivity index is 1.48. The Morgan fingerprint density at radius 3 is 1.40 bits per heavy atom. The minimum absolute atomic E-state index is 0.0725. The third kappa shape index (κ3) is 2.92. The van der Waals surface area contributed by atoms with Crippen LogP contribution in [0.2, 0.25) is 0 Å². The number of benzene rings is 3. The predicted molar refractivity (Wildman–Crippen MR) is 106 cm³/mol. The first kappa shape index (κ1) is 17.5. The van der Waals surface area contributed by atoms with Crippen molar-refractivity contribution in [2.75, 3.05) is 0 Å². The molecule has 5 rings (SSSR count). The number of nitrogens with zero attached hydrogens (tertiary/aromatic N) is 4. The second-order valence-electron chi connectivity index (χ2n) is 6.43. The van der Waals surface area contributed by atoms with Gasteiger partial charge in [0.1, 0.15) is 11.0 Å². The van der Waals surface area contributed by atoms with Gasteiger partial charge in [-0.1, -0.05) is 0 Å². The van der Waals surface area contributed by atoms with E-state index in [1.54, 1.807) is 24.3 Å². The summed E-state index contributed by atoms with van der Waals surface area (Å²) < 4.78 is 11.3. The standard InChI is InChI=1S/C20H10N4O6/c25-23(26)13-5-7-15-17(9-13)29-19(21-15)11-1-2-12(4-3-11)20-22-16-8-6-14(24(27)28)10-18(16)30-20/h1-10H. The van der Waals surface area contributed by atoms with E-state index in [1.165, 1.54) is 36.4 Å². The molecule has 0 aliphatic rings. The zero-order chi connectivity index (χ0) is 20.8. The van der Waals surface area contributed by atoms with Gasteiger partial charge in [-0.25, -0.2) is 9.97 Å². The fraction of sp³-hybridized carbons (Fsp3) is 0. The molecular formula is C20H10N4O6. The number of fused-ring (bicyclic) bond motifs is 2. The third-order valence-electron chi connectivity index (χ3n) is 4.54. The van der Waals surface area contributed by atoms with Crippen LogP contribution >= 0.6 is 0 Å². The number of non-ortho nitro benzene ring substituents is 2. The van der Waals surface area contributed by atoms with E-state index in [0.717, 1.165) is 0 Å². The first-order valence-electron chi connectivity index (χ1n) is 8.69. The van der Waals surface area contributed by atoms with Gasteiger partial charge in [-0.3, -0.25) is 20.2 Å². The molecule has 2 heterocycles. The number of hydrogen-bond acceptors (Lipinski definition) is 8. The van der Waals surface area contributed by atoms with Crippen molar-refractivity contribution in [3.05, 3.63) is 80.9 Å². The van der Waals surface area contributed by atoms with Gasteiger partial charge in [0, 0.05) is 23.3 Å². The molecule has 0 aliphatic heterocycles. The van der Waals surface area contributed by atoms with Gasteiger partial charge in [-0.2, -0.15) is 0 Å². The van der Waals surface area contributed by atoms with Crippen LogP contribution in [0.25, 0.3) is 45.1 Å². The molecule has 2 aromatic heterocycles. The molecule has 0 saturated heterocycles. The quantitative estimate of drug-likeness (QED) is 0.298. The zero-order valence-electron chi connectivity index (χ0n) is 15.0. The summed E-state index contributed by atoms with van der Waals surface area (Å²) in [6.45, 7) is 0. The van der Waals surface area contributed by atoms with Crippen molar-refractivity contribution in [2.24, 2.45) is 0 Å².